The highest BCUT2D eigenvalue weighted by atomic mass is 32.2. The molecule has 0 saturated carbocycles. The van der Waals surface area contributed by atoms with E-state index in [9.17, 15) is 18.0 Å². The molecule has 0 bridgehead atoms. The summed E-state index contributed by atoms with van der Waals surface area (Å²) in [5, 5.41) is 11.0. The lowest BCUT2D eigenvalue weighted by Crippen LogP contribution is -2.40. The lowest BCUT2D eigenvalue weighted by molar-refractivity contribution is -0.139. The number of hydrogen-bond acceptors (Lipinski definition) is 5. The normalized spacial score (nSPS) is 12.6. The van der Waals surface area contributed by atoms with Gasteiger partial charge in [-0.25, -0.2) is 17.9 Å². The second-order valence-corrected chi connectivity index (χ2v) is 6.29. The molecule has 9 heteroatoms. The molecule has 1 aromatic heterocycles. The van der Waals surface area contributed by atoms with Crippen LogP contribution in [0.15, 0.2) is 28.2 Å². The number of nitrogens with one attached hydrogen (secondary N) is 2. The number of aryl methyl sites for hydroxylation is 1. The Morgan fingerprint density at radius 3 is 2.64 bits per heavy atom. The van der Waals surface area contributed by atoms with Crippen molar-refractivity contribution in [2.75, 3.05) is 7.05 Å². The minimum Gasteiger partial charge on any atom is -0.480 e. The van der Waals surface area contributed by atoms with Crippen LogP contribution >= 0.6 is 0 Å². The van der Waals surface area contributed by atoms with Gasteiger partial charge in [-0.1, -0.05) is 6.08 Å². The van der Waals surface area contributed by atoms with Crippen LogP contribution in [0.4, 0.5) is 0 Å². The van der Waals surface area contributed by atoms with E-state index in [0.29, 0.717) is 6.42 Å². The van der Waals surface area contributed by atoms with Gasteiger partial charge in [0.05, 0.1) is 5.56 Å². The molecule has 0 aliphatic rings. The molecule has 1 rings (SSSR count). The maximum atomic E-state index is 12.1. The van der Waals surface area contributed by atoms with E-state index in [0.717, 1.165) is 6.07 Å². The number of carbonyl (C=O) groups excluding carboxylic acids is 1. The summed E-state index contributed by atoms with van der Waals surface area (Å²) in [4.78, 5) is 23.2. The Hall–Kier alpha value is -2.13. The summed E-state index contributed by atoms with van der Waals surface area (Å²) >= 11 is 0. The van der Waals surface area contributed by atoms with E-state index in [1.807, 2.05) is 0 Å². The maximum absolute atomic E-state index is 12.1. The first-order chi connectivity index (χ1) is 10.2. The summed E-state index contributed by atoms with van der Waals surface area (Å²) in [6, 6.07) is -0.0349. The Bertz CT molecular complexity index is 677. The minimum absolute atomic E-state index is 0.0290. The summed E-state index contributed by atoms with van der Waals surface area (Å²) in [5.74, 6) is -1.81. The Morgan fingerprint density at radius 1 is 1.50 bits per heavy atom. The second-order valence-electron chi connectivity index (χ2n) is 4.47. The van der Waals surface area contributed by atoms with Gasteiger partial charge >= 0.3 is 5.97 Å². The van der Waals surface area contributed by atoms with Crippen molar-refractivity contribution in [3.05, 3.63) is 30.0 Å². The highest BCUT2D eigenvalue weighted by Gasteiger charge is 2.25. The molecule has 1 unspecified atom stereocenters. The quantitative estimate of drug-likeness (QED) is 0.601. The molecule has 1 aromatic rings. The van der Waals surface area contributed by atoms with Crippen LogP contribution in [0.5, 0.6) is 0 Å². The zero-order chi connectivity index (χ0) is 16.9. The third-order valence-corrected chi connectivity index (χ3v) is 4.20. The standard InChI is InChI=1S/C13H18N2O6S/c1-4-5-6-10(13(17)18)15-12(16)9-7-11(21-8(9)2)22(19,20)14-3/h4,7,10,14H,1,5-6H2,2-3H3,(H,15,16)(H,17,18). The molecule has 3 N–H and O–H groups in total. The zero-order valence-corrected chi connectivity index (χ0v) is 13.1. The maximum Gasteiger partial charge on any atom is 0.326 e. The first-order valence-electron chi connectivity index (χ1n) is 6.41. The number of rotatable bonds is 8. The monoisotopic (exact) mass is 330 g/mol. The largest absolute Gasteiger partial charge is 0.480 e. The number of carbonyl (C=O) groups is 2. The van der Waals surface area contributed by atoms with E-state index in [2.05, 4.69) is 16.6 Å². The average molecular weight is 330 g/mol. The van der Waals surface area contributed by atoms with E-state index in [-0.39, 0.29) is 17.7 Å². The van der Waals surface area contributed by atoms with Crippen molar-refractivity contribution < 1.29 is 27.5 Å². The van der Waals surface area contributed by atoms with Crippen molar-refractivity contribution in [1.82, 2.24) is 10.0 Å². The third kappa shape index (κ3) is 4.18. The van der Waals surface area contributed by atoms with Crippen LogP contribution in [0.3, 0.4) is 0 Å². The van der Waals surface area contributed by atoms with E-state index < -0.39 is 33.0 Å². The van der Waals surface area contributed by atoms with E-state index in [1.54, 1.807) is 6.08 Å². The number of carboxylic acid groups (broad SMARTS) is 1. The average Bonchev–Trinajstić information content (AvgIpc) is 2.85. The molecule has 0 aliphatic heterocycles. The predicted octanol–water partition coefficient (Wildman–Crippen LogP) is 0.645. The van der Waals surface area contributed by atoms with Crippen LogP contribution in [-0.2, 0) is 14.8 Å². The number of hydrogen-bond donors (Lipinski definition) is 3. The summed E-state index contributed by atoms with van der Waals surface area (Å²) < 4.78 is 30.3. The number of carboxylic acids is 1. The molecule has 1 amide bonds. The first-order valence-corrected chi connectivity index (χ1v) is 7.89. The molecule has 22 heavy (non-hydrogen) atoms. The fourth-order valence-electron chi connectivity index (χ4n) is 1.69. The fraction of sp³-hybridized carbons (Fsp3) is 0.385. The van der Waals surface area contributed by atoms with Crippen LogP contribution in [-0.4, -0.2) is 38.5 Å². The molecular weight excluding hydrogens is 312 g/mol. The Balaban J connectivity index is 2.98. The van der Waals surface area contributed by atoms with E-state index in [4.69, 9.17) is 9.52 Å². The summed E-state index contributed by atoms with van der Waals surface area (Å²) in [7, 11) is -2.61. The minimum atomic E-state index is -3.82. The van der Waals surface area contributed by atoms with Gasteiger partial charge in [-0.3, -0.25) is 4.79 Å². The smallest absolute Gasteiger partial charge is 0.326 e. The van der Waals surface area contributed by atoms with Crippen LogP contribution in [0.2, 0.25) is 0 Å². The molecule has 122 valence electrons. The summed E-state index contributed by atoms with van der Waals surface area (Å²) in [6.07, 6.45) is 2.15. The van der Waals surface area contributed by atoms with E-state index >= 15 is 0 Å². The van der Waals surface area contributed by atoms with Gasteiger partial charge in [-0.15, -0.1) is 6.58 Å². The van der Waals surface area contributed by atoms with Crippen molar-refractivity contribution in [2.24, 2.45) is 0 Å². The highest BCUT2D eigenvalue weighted by molar-refractivity contribution is 7.89. The Kier molecular flexibility index (Phi) is 5.89. The molecule has 0 aromatic carbocycles. The van der Waals surface area contributed by atoms with Gasteiger partial charge in [-0.05, 0) is 26.8 Å². The topological polar surface area (TPSA) is 126 Å². The zero-order valence-electron chi connectivity index (χ0n) is 12.3. The highest BCUT2D eigenvalue weighted by Crippen LogP contribution is 2.19. The van der Waals surface area contributed by atoms with E-state index in [1.165, 1.54) is 14.0 Å². The SMILES string of the molecule is C=CCCC(NC(=O)c1cc(S(=O)(=O)NC)oc1C)C(=O)O. The van der Waals surface area contributed by atoms with Gasteiger partial charge in [-0.2, -0.15) is 0 Å². The van der Waals surface area contributed by atoms with Crippen molar-refractivity contribution in [2.45, 2.75) is 30.9 Å². The van der Waals surface area contributed by atoms with Crippen molar-refractivity contribution >= 4 is 21.9 Å². The first kappa shape index (κ1) is 17.9. The number of sulfonamides is 1. The van der Waals surface area contributed by atoms with Gasteiger partial charge in [0.2, 0.25) is 5.09 Å². The summed E-state index contributed by atoms with van der Waals surface area (Å²) in [5.41, 5.74) is -0.0290. The summed E-state index contributed by atoms with van der Waals surface area (Å²) in [6.45, 7) is 4.91. The van der Waals surface area contributed by atoms with Crippen molar-refractivity contribution in [3.8, 4) is 0 Å². The molecule has 0 aliphatic carbocycles. The predicted molar refractivity (Wildman–Crippen MR) is 78.0 cm³/mol. The molecule has 1 atom stereocenters. The number of amides is 1. The van der Waals surface area contributed by atoms with Crippen LogP contribution in [0.25, 0.3) is 0 Å². The molecule has 0 fully saturated rings. The molecule has 8 nitrogen and oxygen atoms in total. The molecule has 0 radical (unpaired) electrons. The molecule has 1 heterocycles. The van der Waals surface area contributed by atoms with Crippen molar-refractivity contribution in [3.63, 3.8) is 0 Å². The van der Waals surface area contributed by atoms with Gasteiger partial charge in [0.25, 0.3) is 15.9 Å². The van der Waals surface area contributed by atoms with Crippen LogP contribution < -0.4 is 10.0 Å². The Labute approximate surface area is 128 Å². The van der Waals surface area contributed by atoms with Gasteiger partial charge in [0.1, 0.15) is 11.8 Å². The van der Waals surface area contributed by atoms with Crippen LogP contribution in [0.1, 0.15) is 29.0 Å². The fourth-order valence-corrected chi connectivity index (χ4v) is 2.40. The lowest BCUT2D eigenvalue weighted by atomic mass is 10.1. The van der Waals surface area contributed by atoms with Gasteiger partial charge in [0.15, 0.2) is 0 Å². The Morgan fingerprint density at radius 2 is 2.14 bits per heavy atom. The molecule has 0 saturated heterocycles. The lowest BCUT2D eigenvalue weighted by Gasteiger charge is -2.12. The molecular formula is C13H18N2O6S. The van der Waals surface area contributed by atoms with Gasteiger partial charge < -0.3 is 14.8 Å². The van der Waals surface area contributed by atoms with Crippen molar-refractivity contribution in [1.29, 1.82) is 0 Å². The van der Waals surface area contributed by atoms with Crippen LogP contribution in [0, 0.1) is 6.92 Å². The molecule has 0 spiro atoms. The number of furan rings is 1. The number of aliphatic carboxylic acids is 1. The number of allylic oxidation sites excluding steroid dienone is 1. The van der Waals surface area contributed by atoms with Gasteiger partial charge in [0, 0.05) is 6.07 Å². The second kappa shape index (κ2) is 7.23. The third-order valence-electron chi connectivity index (χ3n) is 2.94.